The van der Waals surface area contributed by atoms with E-state index >= 15 is 0 Å². The van der Waals surface area contributed by atoms with Gasteiger partial charge in [0.1, 0.15) is 0 Å². The van der Waals surface area contributed by atoms with E-state index in [2.05, 4.69) is 26.1 Å². The first-order valence-corrected chi connectivity index (χ1v) is 5.57. The average Bonchev–Trinajstić information content (AvgIpc) is 2.51. The van der Waals surface area contributed by atoms with E-state index in [0.717, 1.165) is 19.4 Å². The molecule has 82 valence electrons. The van der Waals surface area contributed by atoms with Gasteiger partial charge in [-0.1, -0.05) is 13.8 Å². The second kappa shape index (κ2) is 3.47. The molecule has 0 aromatic heterocycles. The highest BCUT2D eigenvalue weighted by Gasteiger charge is 2.48. The largest absolute Gasteiger partial charge is 0.392 e. The van der Waals surface area contributed by atoms with Crippen molar-refractivity contribution in [1.82, 2.24) is 5.32 Å². The molecule has 0 aromatic rings. The number of aliphatic hydroxyl groups excluding tert-OH is 1. The Kier molecular flexibility index (Phi) is 2.58. The van der Waals surface area contributed by atoms with Gasteiger partial charge in [0, 0.05) is 24.1 Å². The lowest BCUT2D eigenvalue weighted by molar-refractivity contribution is -0.0778. The third-order valence-electron chi connectivity index (χ3n) is 4.01. The standard InChI is InChI=1S/C11H21NO2/c1-7-8(4-5-14-7)12-9-6-10(13)11(9,2)3/h7-10,12-13H,4-6H2,1-3H3/t7-,8-,9?,10?/m1/s1. The Bertz CT molecular complexity index is 217. The van der Waals surface area contributed by atoms with Crippen LogP contribution >= 0.6 is 0 Å². The Hall–Kier alpha value is -0.120. The van der Waals surface area contributed by atoms with Crippen molar-refractivity contribution in [3.63, 3.8) is 0 Å². The Morgan fingerprint density at radius 2 is 2.14 bits per heavy atom. The van der Waals surface area contributed by atoms with Crippen LogP contribution in [0.4, 0.5) is 0 Å². The van der Waals surface area contributed by atoms with Crippen LogP contribution in [0.5, 0.6) is 0 Å². The molecule has 0 amide bonds. The van der Waals surface area contributed by atoms with Gasteiger partial charge in [-0.2, -0.15) is 0 Å². The number of nitrogens with one attached hydrogen (secondary N) is 1. The van der Waals surface area contributed by atoms with E-state index in [1.165, 1.54) is 0 Å². The van der Waals surface area contributed by atoms with Crippen molar-refractivity contribution >= 4 is 0 Å². The second-order valence-corrected chi connectivity index (χ2v) is 5.26. The van der Waals surface area contributed by atoms with E-state index in [1.807, 2.05) is 0 Å². The Balaban J connectivity index is 1.87. The van der Waals surface area contributed by atoms with Gasteiger partial charge < -0.3 is 15.2 Å². The minimum absolute atomic E-state index is 0.0301. The van der Waals surface area contributed by atoms with Crippen LogP contribution in [0.2, 0.25) is 0 Å². The highest BCUT2D eigenvalue weighted by molar-refractivity contribution is 5.03. The highest BCUT2D eigenvalue weighted by atomic mass is 16.5. The van der Waals surface area contributed by atoms with Crippen molar-refractivity contribution in [3.05, 3.63) is 0 Å². The molecule has 2 aliphatic rings. The number of ether oxygens (including phenoxy) is 1. The van der Waals surface area contributed by atoms with Crippen molar-refractivity contribution in [1.29, 1.82) is 0 Å². The molecule has 3 nitrogen and oxygen atoms in total. The Labute approximate surface area is 85.8 Å². The minimum atomic E-state index is -0.141. The fraction of sp³-hybridized carbons (Fsp3) is 1.00. The predicted molar refractivity (Wildman–Crippen MR) is 55.1 cm³/mol. The van der Waals surface area contributed by atoms with Crippen LogP contribution in [-0.2, 0) is 4.74 Å². The van der Waals surface area contributed by atoms with Gasteiger partial charge in [-0.25, -0.2) is 0 Å². The number of aliphatic hydroxyl groups is 1. The van der Waals surface area contributed by atoms with Crippen molar-refractivity contribution in [2.45, 2.75) is 57.9 Å². The van der Waals surface area contributed by atoms with Gasteiger partial charge in [0.15, 0.2) is 0 Å². The van der Waals surface area contributed by atoms with Gasteiger partial charge in [0.25, 0.3) is 0 Å². The van der Waals surface area contributed by atoms with E-state index in [1.54, 1.807) is 0 Å². The molecule has 0 spiro atoms. The smallest absolute Gasteiger partial charge is 0.0700 e. The lowest BCUT2D eigenvalue weighted by Crippen LogP contribution is -2.62. The van der Waals surface area contributed by atoms with Crippen LogP contribution in [0.1, 0.15) is 33.6 Å². The van der Waals surface area contributed by atoms with Gasteiger partial charge in [0.2, 0.25) is 0 Å². The molecule has 2 fully saturated rings. The number of rotatable bonds is 2. The summed E-state index contributed by atoms with van der Waals surface area (Å²) in [6.45, 7) is 7.24. The molecule has 1 saturated carbocycles. The Morgan fingerprint density at radius 1 is 1.43 bits per heavy atom. The Morgan fingerprint density at radius 3 is 2.57 bits per heavy atom. The molecule has 1 saturated heterocycles. The van der Waals surface area contributed by atoms with E-state index < -0.39 is 0 Å². The first-order valence-electron chi connectivity index (χ1n) is 5.57. The van der Waals surface area contributed by atoms with Crippen molar-refractivity contribution in [3.8, 4) is 0 Å². The van der Waals surface area contributed by atoms with Crippen LogP contribution in [0.3, 0.4) is 0 Å². The lowest BCUT2D eigenvalue weighted by Gasteiger charge is -2.50. The molecule has 2 N–H and O–H groups in total. The normalized spacial score (nSPS) is 46.3. The summed E-state index contributed by atoms with van der Waals surface area (Å²) >= 11 is 0. The molecule has 1 aliphatic heterocycles. The van der Waals surface area contributed by atoms with Crippen molar-refractivity contribution < 1.29 is 9.84 Å². The first-order chi connectivity index (χ1) is 6.51. The van der Waals surface area contributed by atoms with E-state index in [0.29, 0.717) is 18.2 Å². The molecule has 4 atom stereocenters. The maximum atomic E-state index is 9.61. The number of hydrogen-bond acceptors (Lipinski definition) is 3. The van der Waals surface area contributed by atoms with Crippen LogP contribution in [0, 0.1) is 5.41 Å². The van der Waals surface area contributed by atoms with Crippen LogP contribution in [-0.4, -0.2) is 36.0 Å². The van der Waals surface area contributed by atoms with Crippen molar-refractivity contribution in [2.75, 3.05) is 6.61 Å². The minimum Gasteiger partial charge on any atom is -0.392 e. The molecule has 2 rings (SSSR count). The lowest BCUT2D eigenvalue weighted by atomic mass is 9.64. The topological polar surface area (TPSA) is 41.5 Å². The maximum absolute atomic E-state index is 9.61. The summed E-state index contributed by atoms with van der Waals surface area (Å²) in [6, 6.07) is 0.929. The molecule has 1 heterocycles. The zero-order valence-electron chi connectivity index (χ0n) is 9.29. The van der Waals surface area contributed by atoms with Crippen molar-refractivity contribution in [2.24, 2.45) is 5.41 Å². The molecule has 0 radical (unpaired) electrons. The van der Waals surface area contributed by atoms with Gasteiger partial charge in [0.05, 0.1) is 12.2 Å². The quantitative estimate of drug-likeness (QED) is 0.694. The molecule has 3 heteroatoms. The fourth-order valence-corrected chi connectivity index (χ4v) is 2.39. The van der Waals surface area contributed by atoms with E-state index in [9.17, 15) is 5.11 Å². The monoisotopic (exact) mass is 199 g/mol. The third-order valence-corrected chi connectivity index (χ3v) is 4.01. The van der Waals surface area contributed by atoms with Gasteiger partial charge in [-0.05, 0) is 19.8 Å². The van der Waals surface area contributed by atoms with E-state index in [4.69, 9.17) is 4.74 Å². The zero-order valence-corrected chi connectivity index (χ0v) is 9.29. The molecular weight excluding hydrogens is 178 g/mol. The number of hydrogen-bond donors (Lipinski definition) is 2. The molecule has 14 heavy (non-hydrogen) atoms. The van der Waals surface area contributed by atoms with E-state index in [-0.39, 0.29) is 11.5 Å². The summed E-state index contributed by atoms with van der Waals surface area (Å²) in [4.78, 5) is 0. The first kappa shape index (κ1) is 10.4. The average molecular weight is 199 g/mol. The van der Waals surface area contributed by atoms with Gasteiger partial charge in [-0.3, -0.25) is 0 Å². The summed E-state index contributed by atoms with van der Waals surface area (Å²) < 4.78 is 5.50. The highest BCUT2D eigenvalue weighted by Crippen LogP contribution is 2.41. The van der Waals surface area contributed by atoms with Crippen LogP contribution in [0.25, 0.3) is 0 Å². The summed E-state index contributed by atoms with van der Waals surface area (Å²) in [5.41, 5.74) is 0.0301. The molecular formula is C11H21NO2. The molecule has 2 unspecified atom stereocenters. The summed E-state index contributed by atoms with van der Waals surface area (Å²) in [6.07, 6.45) is 2.17. The van der Waals surface area contributed by atoms with Crippen LogP contribution < -0.4 is 5.32 Å². The van der Waals surface area contributed by atoms with Gasteiger partial charge >= 0.3 is 0 Å². The molecule has 0 bridgehead atoms. The second-order valence-electron chi connectivity index (χ2n) is 5.26. The fourth-order valence-electron chi connectivity index (χ4n) is 2.39. The van der Waals surface area contributed by atoms with Crippen LogP contribution in [0.15, 0.2) is 0 Å². The summed E-state index contributed by atoms with van der Waals surface area (Å²) in [5.74, 6) is 0. The predicted octanol–water partition coefficient (Wildman–Crippen LogP) is 0.913. The molecule has 1 aliphatic carbocycles. The zero-order chi connectivity index (χ0) is 10.3. The van der Waals surface area contributed by atoms with Gasteiger partial charge in [-0.15, -0.1) is 0 Å². The summed E-state index contributed by atoms with van der Waals surface area (Å²) in [5, 5.41) is 13.2. The maximum Gasteiger partial charge on any atom is 0.0700 e. The summed E-state index contributed by atoms with van der Waals surface area (Å²) in [7, 11) is 0. The molecule has 0 aromatic carbocycles. The third kappa shape index (κ3) is 1.58. The SMILES string of the molecule is C[C@H]1OCC[C@H]1NC1CC(O)C1(C)C.